The predicted octanol–water partition coefficient (Wildman–Crippen LogP) is 1.84. The fraction of sp³-hybridized carbons (Fsp3) is 0.571. The molecular formula is C14H25N3. The summed E-state index contributed by atoms with van der Waals surface area (Å²) in [7, 11) is 4.14. The second-order valence-electron chi connectivity index (χ2n) is 4.49. The van der Waals surface area contributed by atoms with Crippen LogP contribution >= 0.6 is 0 Å². The summed E-state index contributed by atoms with van der Waals surface area (Å²) in [5, 5.41) is 6.83. The molecule has 0 saturated heterocycles. The van der Waals surface area contributed by atoms with Crippen molar-refractivity contribution in [3.8, 4) is 0 Å². The molecule has 0 aliphatic carbocycles. The van der Waals surface area contributed by atoms with Crippen LogP contribution in [0.5, 0.6) is 0 Å². The van der Waals surface area contributed by atoms with E-state index in [1.54, 1.807) is 0 Å². The van der Waals surface area contributed by atoms with Crippen molar-refractivity contribution in [2.45, 2.75) is 19.9 Å². The van der Waals surface area contributed by atoms with Crippen molar-refractivity contribution in [2.75, 3.05) is 38.6 Å². The first-order valence-electron chi connectivity index (χ1n) is 6.41. The van der Waals surface area contributed by atoms with Gasteiger partial charge in [0.05, 0.1) is 0 Å². The zero-order valence-electron chi connectivity index (χ0n) is 11.3. The zero-order chi connectivity index (χ0) is 12.5. The fourth-order valence-corrected chi connectivity index (χ4v) is 1.66. The molecule has 0 aromatic heterocycles. The number of benzene rings is 1. The normalized spacial score (nSPS) is 10.5. The van der Waals surface area contributed by atoms with E-state index in [-0.39, 0.29) is 0 Å². The van der Waals surface area contributed by atoms with Crippen LogP contribution in [-0.2, 0) is 6.54 Å². The maximum absolute atomic E-state index is 3.45. The van der Waals surface area contributed by atoms with E-state index in [1.807, 2.05) is 0 Å². The number of hydrogen-bond acceptors (Lipinski definition) is 3. The van der Waals surface area contributed by atoms with E-state index in [9.17, 15) is 0 Å². The van der Waals surface area contributed by atoms with Crippen LogP contribution in [0.1, 0.15) is 18.9 Å². The summed E-state index contributed by atoms with van der Waals surface area (Å²) in [5.41, 5.74) is 2.60. The van der Waals surface area contributed by atoms with E-state index in [0.717, 1.165) is 26.2 Å². The molecule has 0 saturated carbocycles. The third-order valence-corrected chi connectivity index (χ3v) is 2.66. The largest absolute Gasteiger partial charge is 0.378 e. The Morgan fingerprint density at radius 3 is 2.53 bits per heavy atom. The fourth-order valence-electron chi connectivity index (χ4n) is 1.66. The van der Waals surface area contributed by atoms with Crippen molar-refractivity contribution < 1.29 is 0 Å². The first-order valence-corrected chi connectivity index (χ1v) is 6.41. The Balaban J connectivity index is 2.24. The Morgan fingerprint density at radius 2 is 1.82 bits per heavy atom. The van der Waals surface area contributed by atoms with Gasteiger partial charge >= 0.3 is 0 Å². The van der Waals surface area contributed by atoms with Crippen molar-refractivity contribution in [1.29, 1.82) is 0 Å². The van der Waals surface area contributed by atoms with Gasteiger partial charge in [0, 0.05) is 39.4 Å². The predicted molar refractivity (Wildman–Crippen MR) is 75.6 cm³/mol. The molecule has 0 heterocycles. The summed E-state index contributed by atoms with van der Waals surface area (Å²) >= 11 is 0. The third-order valence-electron chi connectivity index (χ3n) is 2.66. The maximum atomic E-state index is 3.45. The Kier molecular flexibility index (Phi) is 6.67. The molecule has 0 aliphatic rings. The third kappa shape index (κ3) is 5.71. The van der Waals surface area contributed by atoms with Crippen molar-refractivity contribution in [3.05, 3.63) is 29.8 Å². The van der Waals surface area contributed by atoms with Gasteiger partial charge in [-0.05, 0) is 30.7 Å². The molecule has 3 nitrogen and oxygen atoms in total. The smallest absolute Gasteiger partial charge is 0.0364 e. The summed E-state index contributed by atoms with van der Waals surface area (Å²) in [6.45, 7) is 6.30. The number of hydrogen-bond donors (Lipinski definition) is 2. The highest BCUT2D eigenvalue weighted by Gasteiger charge is 1.97. The Bertz CT molecular complexity index is 310. The second-order valence-corrected chi connectivity index (χ2v) is 4.49. The van der Waals surface area contributed by atoms with Crippen LogP contribution in [0.2, 0.25) is 0 Å². The lowest BCUT2D eigenvalue weighted by atomic mass is 10.2. The van der Waals surface area contributed by atoms with Gasteiger partial charge in [-0.3, -0.25) is 0 Å². The summed E-state index contributed by atoms with van der Waals surface area (Å²) in [6.07, 6.45) is 1.20. The molecule has 0 aliphatic heterocycles. The molecule has 0 spiro atoms. The van der Waals surface area contributed by atoms with E-state index in [4.69, 9.17) is 0 Å². The van der Waals surface area contributed by atoms with E-state index in [0.29, 0.717) is 0 Å². The van der Waals surface area contributed by atoms with Gasteiger partial charge in [-0.1, -0.05) is 19.1 Å². The molecule has 2 N–H and O–H groups in total. The Hall–Kier alpha value is -1.06. The van der Waals surface area contributed by atoms with Gasteiger partial charge in [0.1, 0.15) is 0 Å². The van der Waals surface area contributed by atoms with Gasteiger partial charge < -0.3 is 15.5 Å². The summed E-state index contributed by atoms with van der Waals surface area (Å²) in [6, 6.07) is 8.64. The molecule has 0 bridgehead atoms. The van der Waals surface area contributed by atoms with Gasteiger partial charge in [-0.2, -0.15) is 0 Å². The lowest BCUT2D eigenvalue weighted by molar-refractivity contribution is 0.607. The van der Waals surface area contributed by atoms with Crippen LogP contribution in [0.3, 0.4) is 0 Å². The number of nitrogens with zero attached hydrogens (tertiary/aromatic N) is 1. The molecule has 1 aromatic carbocycles. The Morgan fingerprint density at radius 1 is 1.06 bits per heavy atom. The standard InChI is InChI=1S/C14H25N3/c1-4-8-15-9-10-16-12-13-6-5-7-14(11-13)17(2)3/h5-7,11,15-16H,4,8-10,12H2,1-3H3. The average Bonchev–Trinajstić information content (AvgIpc) is 2.34. The van der Waals surface area contributed by atoms with Crippen LogP contribution in [0.4, 0.5) is 5.69 Å². The van der Waals surface area contributed by atoms with E-state index < -0.39 is 0 Å². The van der Waals surface area contributed by atoms with Crippen LogP contribution in [-0.4, -0.2) is 33.7 Å². The van der Waals surface area contributed by atoms with Gasteiger partial charge in [-0.25, -0.2) is 0 Å². The molecule has 3 heteroatoms. The lowest BCUT2D eigenvalue weighted by Gasteiger charge is -2.14. The van der Waals surface area contributed by atoms with Gasteiger partial charge in [0.2, 0.25) is 0 Å². The zero-order valence-corrected chi connectivity index (χ0v) is 11.3. The second kappa shape index (κ2) is 8.09. The lowest BCUT2D eigenvalue weighted by Crippen LogP contribution is -2.27. The van der Waals surface area contributed by atoms with Crippen molar-refractivity contribution >= 4 is 5.69 Å². The van der Waals surface area contributed by atoms with Gasteiger partial charge in [0.15, 0.2) is 0 Å². The number of anilines is 1. The van der Waals surface area contributed by atoms with Crippen LogP contribution in [0.15, 0.2) is 24.3 Å². The SMILES string of the molecule is CCCNCCNCc1cccc(N(C)C)c1. The first kappa shape index (κ1) is 14.0. The summed E-state index contributed by atoms with van der Waals surface area (Å²) < 4.78 is 0. The highest BCUT2D eigenvalue weighted by Crippen LogP contribution is 2.12. The first-order chi connectivity index (χ1) is 8.24. The molecule has 96 valence electrons. The molecule has 0 amide bonds. The minimum absolute atomic E-state index is 0.940. The minimum Gasteiger partial charge on any atom is -0.378 e. The van der Waals surface area contributed by atoms with Crippen LogP contribution in [0.25, 0.3) is 0 Å². The molecule has 0 unspecified atom stereocenters. The quantitative estimate of drug-likeness (QED) is 0.673. The monoisotopic (exact) mass is 235 g/mol. The highest BCUT2D eigenvalue weighted by atomic mass is 15.1. The molecule has 17 heavy (non-hydrogen) atoms. The van der Waals surface area contributed by atoms with Crippen molar-refractivity contribution in [3.63, 3.8) is 0 Å². The van der Waals surface area contributed by atoms with Gasteiger partial charge in [0.25, 0.3) is 0 Å². The van der Waals surface area contributed by atoms with E-state index >= 15 is 0 Å². The molecule has 1 aromatic rings. The minimum atomic E-state index is 0.940. The molecule has 0 radical (unpaired) electrons. The highest BCUT2D eigenvalue weighted by molar-refractivity contribution is 5.47. The van der Waals surface area contributed by atoms with Crippen molar-refractivity contribution in [2.24, 2.45) is 0 Å². The molecule has 1 rings (SSSR count). The summed E-state index contributed by atoms with van der Waals surface area (Å²) in [4.78, 5) is 2.13. The molecule has 0 atom stereocenters. The molecule has 0 fully saturated rings. The number of nitrogens with one attached hydrogen (secondary N) is 2. The number of rotatable bonds is 8. The van der Waals surface area contributed by atoms with Crippen LogP contribution in [0, 0.1) is 0 Å². The van der Waals surface area contributed by atoms with Gasteiger partial charge in [-0.15, -0.1) is 0 Å². The summed E-state index contributed by atoms with van der Waals surface area (Å²) in [5.74, 6) is 0. The topological polar surface area (TPSA) is 27.3 Å². The maximum Gasteiger partial charge on any atom is 0.0364 e. The van der Waals surface area contributed by atoms with E-state index in [1.165, 1.54) is 17.7 Å². The average molecular weight is 235 g/mol. The molecular weight excluding hydrogens is 210 g/mol. The van der Waals surface area contributed by atoms with E-state index in [2.05, 4.69) is 60.8 Å². The Labute approximate surface area is 105 Å². The van der Waals surface area contributed by atoms with Crippen LogP contribution < -0.4 is 15.5 Å². The van der Waals surface area contributed by atoms with Crippen molar-refractivity contribution in [1.82, 2.24) is 10.6 Å².